The smallest absolute Gasteiger partial charge is 0.305 e. The van der Waals surface area contributed by atoms with Crippen molar-refractivity contribution in [3.05, 3.63) is 39.7 Å². The molecule has 21 heavy (non-hydrogen) atoms. The van der Waals surface area contributed by atoms with Gasteiger partial charge in [-0.3, -0.25) is 14.9 Å². The molecule has 0 spiro atoms. The summed E-state index contributed by atoms with van der Waals surface area (Å²) in [6, 6.07) is 2.63. The van der Waals surface area contributed by atoms with Crippen molar-refractivity contribution >= 4 is 11.6 Å². The van der Waals surface area contributed by atoms with Crippen LogP contribution in [0, 0.1) is 15.9 Å². The van der Waals surface area contributed by atoms with Crippen LogP contribution in [0.25, 0.3) is 0 Å². The molecule has 1 fully saturated rings. The molecule has 0 aliphatic heterocycles. The van der Waals surface area contributed by atoms with Gasteiger partial charge in [0.2, 0.25) is 5.82 Å². The van der Waals surface area contributed by atoms with Crippen LogP contribution in [-0.4, -0.2) is 28.1 Å². The molecule has 1 aromatic rings. The number of nitro benzene ring substituents is 1. The highest BCUT2D eigenvalue weighted by molar-refractivity contribution is 5.95. The molecular formula is C14H17FN2O4. The summed E-state index contributed by atoms with van der Waals surface area (Å²) in [4.78, 5) is 21.9. The number of benzene rings is 1. The first-order chi connectivity index (χ1) is 9.99. The average Bonchev–Trinajstić information content (AvgIpc) is 2.64. The van der Waals surface area contributed by atoms with E-state index in [1.54, 1.807) is 0 Å². The van der Waals surface area contributed by atoms with Gasteiger partial charge in [-0.1, -0.05) is 19.3 Å². The van der Waals surface area contributed by atoms with E-state index in [1.807, 2.05) is 0 Å². The second kappa shape index (κ2) is 6.62. The number of carbonyl (C=O) groups excluding carboxylic acids is 1. The van der Waals surface area contributed by atoms with Crippen LogP contribution in [0.3, 0.4) is 0 Å². The lowest BCUT2D eigenvalue weighted by atomic mass is 10.1. The van der Waals surface area contributed by atoms with Gasteiger partial charge in [0, 0.05) is 11.6 Å². The fourth-order valence-electron chi connectivity index (χ4n) is 2.50. The lowest BCUT2D eigenvalue weighted by Gasteiger charge is -2.21. The Hall–Kier alpha value is -2.02. The van der Waals surface area contributed by atoms with E-state index >= 15 is 0 Å². The number of halogens is 1. The molecule has 2 unspecified atom stereocenters. The Kier molecular flexibility index (Phi) is 4.85. The molecule has 2 atom stereocenters. The van der Waals surface area contributed by atoms with Gasteiger partial charge in [0.1, 0.15) is 0 Å². The molecule has 0 radical (unpaired) electrons. The third-order valence-electron chi connectivity index (χ3n) is 3.70. The van der Waals surface area contributed by atoms with Crippen molar-refractivity contribution in [3.8, 4) is 0 Å². The minimum absolute atomic E-state index is 0.0135. The number of aliphatic hydroxyl groups is 1. The first-order valence-corrected chi connectivity index (χ1v) is 6.92. The number of aliphatic hydroxyl groups excluding tert-OH is 1. The number of carbonyl (C=O) groups is 1. The molecule has 1 aromatic carbocycles. The molecule has 2 N–H and O–H groups in total. The van der Waals surface area contributed by atoms with Crippen molar-refractivity contribution in [2.24, 2.45) is 0 Å². The summed E-state index contributed by atoms with van der Waals surface area (Å²) >= 11 is 0. The average molecular weight is 296 g/mol. The zero-order chi connectivity index (χ0) is 15.4. The minimum Gasteiger partial charge on any atom is -0.391 e. The SMILES string of the molecule is O=C(NC1CCCCCC1O)c1ccc(F)c([N+](=O)[O-])c1. The first kappa shape index (κ1) is 15.4. The van der Waals surface area contributed by atoms with E-state index in [-0.39, 0.29) is 11.6 Å². The lowest BCUT2D eigenvalue weighted by Crippen LogP contribution is -2.42. The Morgan fingerprint density at radius 1 is 1.33 bits per heavy atom. The zero-order valence-corrected chi connectivity index (χ0v) is 11.4. The highest BCUT2D eigenvalue weighted by Crippen LogP contribution is 2.21. The fraction of sp³-hybridized carbons (Fsp3) is 0.500. The standard InChI is InChI=1S/C14H17FN2O4/c15-10-7-6-9(8-12(10)17(20)21)14(19)16-11-4-2-1-3-5-13(11)18/h6-8,11,13,18H,1-5H2,(H,16,19). The van der Waals surface area contributed by atoms with Crippen LogP contribution >= 0.6 is 0 Å². The van der Waals surface area contributed by atoms with Crippen LogP contribution in [0.4, 0.5) is 10.1 Å². The van der Waals surface area contributed by atoms with Gasteiger partial charge in [0.25, 0.3) is 5.91 Å². The quantitative estimate of drug-likeness (QED) is 0.508. The third-order valence-corrected chi connectivity index (χ3v) is 3.70. The maximum atomic E-state index is 13.2. The van der Waals surface area contributed by atoms with E-state index in [9.17, 15) is 24.4 Å². The second-order valence-electron chi connectivity index (χ2n) is 5.21. The third kappa shape index (κ3) is 3.75. The van der Waals surface area contributed by atoms with Crippen LogP contribution < -0.4 is 5.32 Å². The predicted octanol–water partition coefficient (Wildman–Crippen LogP) is 2.16. The molecule has 1 saturated carbocycles. The van der Waals surface area contributed by atoms with Crippen molar-refractivity contribution in [1.82, 2.24) is 5.32 Å². The molecular weight excluding hydrogens is 279 g/mol. The summed E-state index contributed by atoms with van der Waals surface area (Å²) in [5.74, 6) is -1.52. The molecule has 0 heterocycles. The van der Waals surface area contributed by atoms with Crippen molar-refractivity contribution in [3.63, 3.8) is 0 Å². The molecule has 114 valence electrons. The number of nitrogens with one attached hydrogen (secondary N) is 1. The fourth-order valence-corrected chi connectivity index (χ4v) is 2.50. The molecule has 1 aliphatic carbocycles. The topological polar surface area (TPSA) is 92.5 Å². The van der Waals surface area contributed by atoms with Gasteiger partial charge < -0.3 is 10.4 Å². The van der Waals surface area contributed by atoms with Crippen LogP contribution in [0.5, 0.6) is 0 Å². The number of hydrogen-bond acceptors (Lipinski definition) is 4. The van der Waals surface area contributed by atoms with E-state index in [0.717, 1.165) is 31.4 Å². The molecule has 0 saturated heterocycles. The number of amides is 1. The zero-order valence-electron chi connectivity index (χ0n) is 11.4. The Morgan fingerprint density at radius 2 is 2.05 bits per heavy atom. The second-order valence-corrected chi connectivity index (χ2v) is 5.21. The number of nitro groups is 1. The Morgan fingerprint density at radius 3 is 2.76 bits per heavy atom. The predicted molar refractivity (Wildman–Crippen MR) is 73.4 cm³/mol. The number of rotatable bonds is 3. The van der Waals surface area contributed by atoms with E-state index in [1.165, 1.54) is 6.07 Å². The maximum Gasteiger partial charge on any atom is 0.305 e. The van der Waals surface area contributed by atoms with Crippen LogP contribution in [-0.2, 0) is 0 Å². The summed E-state index contributed by atoms with van der Waals surface area (Å²) in [6.07, 6.45) is 3.49. The van der Waals surface area contributed by atoms with Crippen LogP contribution in [0.1, 0.15) is 42.5 Å². The highest BCUT2D eigenvalue weighted by Gasteiger charge is 2.25. The number of hydrogen-bond donors (Lipinski definition) is 2. The largest absolute Gasteiger partial charge is 0.391 e. The lowest BCUT2D eigenvalue weighted by molar-refractivity contribution is -0.387. The monoisotopic (exact) mass is 296 g/mol. The van der Waals surface area contributed by atoms with Crippen LogP contribution in [0.2, 0.25) is 0 Å². The van der Waals surface area contributed by atoms with E-state index in [4.69, 9.17) is 0 Å². The van der Waals surface area contributed by atoms with E-state index < -0.39 is 28.4 Å². The molecule has 6 nitrogen and oxygen atoms in total. The first-order valence-electron chi connectivity index (χ1n) is 6.92. The van der Waals surface area contributed by atoms with E-state index in [0.29, 0.717) is 12.8 Å². The molecule has 0 aromatic heterocycles. The van der Waals surface area contributed by atoms with Crippen molar-refractivity contribution in [2.75, 3.05) is 0 Å². The van der Waals surface area contributed by atoms with Crippen molar-refractivity contribution in [2.45, 2.75) is 44.2 Å². The molecule has 7 heteroatoms. The van der Waals surface area contributed by atoms with Crippen molar-refractivity contribution in [1.29, 1.82) is 0 Å². The van der Waals surface area contributed by atoms with Crippen molar-refractivity contribution < 1.29 is 19.2 Å². The molecule has 1 aliphatic rings. The Labute approximate surface area is 121 Å². The van der Waals surface area contributed by atoms with Gasteiger partial charge in [-0.15, -0.1) is 0 Å². The maximum absolute atomic E-state index is 13.2. The molecule has 1 amide bonds. The van der Waals surface area contributed by atoms with Gasteiger partial charge in [0.05, 0.1) is 17.1 Å². The van der Waals surface area contributed by atoms with E-state index in [2.05, 4.69) is 5.32 Å². The van der Waals surface area contributed by atoms with Crippen LogP contribution in [0.15, 0.2) is 18.2 Å². The van der Waals surface area contributed by atoms with Gasteiger partial charge in [-0.25, -0.2) is 0 Å². The van der Waals surface area contributed by atoms with Gasteiger partial charge in [-0.2, -0.15) is 4.39 Å². The number of nitrogens with zero attached hydrogens (tertiary/aromatic N) is 1. The normalized spacial score (nSPS) is 22.4. The molecule has 2 rings (SSSR count). The Balaban J connectivity index is 2.12. The minimum atomic E-state index is -0.981. The molecule has 0 bridgehead atoms. The van der Waals surface area contributed by atoms with Gasteiger partial charge in [-0.05, 0) is 25.0 Å². The summed E-state index contributed by atoms with van der Waals surface area (Å²) in [6.45, 7) is 0. The summed E-state index contributed by atoms with van der Waals surface area (Å²) in [5, 5.41) is 23.3. The summed E-state index contributed by atoms with van der Waals surface area (Å²) in [7, 11) is 0. The van der Waals surface area contributed by atoms with Gasteiger partial charge in [0.15, 0.2) is 0 Å². The summed E-state index contributed by atoms with van der Waals surface area (Å²) < 4.78 is 13.2. The highest BCUT2D eigenvalue weighted by atomic mass is 19.1. The van der Waals surface area contributed by atoms with Gasteiger partial charge >= 0.3 is 5.69 Å². The Bertz CT molecular complexity index is 550. The summed E-state index contributed by atoms with van der Waals surface area (Å²) in [5.41, 5.74) is -0.719.